The Morgan fingerprint density at radius 1 is 1.21 bits per heavy atom. The second-order valence-corrected chi connectivity index (χ2v) is 4.33. The predicted octanol–water partition coefficient (Wildman–Crippen LogP) is 3.23. The fourth-order valence-corrected chi connectivity index (χ4v) is 2.14. The minimum absolute atomic E-state index is 0.263. The van der Waals surface area contributed by atoms with Gasteiger partial charge in [0.05, 0.1) is 24.5 Å². The molecular formula is C15H13FN2O. The van der Waals surface area contributed by atoms with Gasteiger partial charge in [0.1, 0.15) is 0 Å². The molecule has 0 aliphatic carbocycles. The van der Waals surface area contributed by atoms with Crippen LogP contribution in [0.2, 0.25) is 0 Å². The van der Waals surface area contributed by atoms with Crippen molar-refractivity contribution in [3.63, 3.8) is 0 Å². The molecule has 3 aromatic rings. The molecule has 19 heavy (non-hydrogen) atoms. The van der Waals surface area contributed by atoms with Crippen LogP contribution in [0.25, 0.3) is 11.0 Å². The SMILES string of the molecule is COc1ccc(Cn2cnc3ccccc32)cc1F. The second-order valence-electron chi connectivity index (χ2n) is 4.33. The van der Waals surface area contributed by atoms with Crippen molar-refractivity contribution in [1.29, 1.82) is 0 Å². The van der Waals surface area contributed by atoms with Crippen LogP contribution in [0.15, 0.2) is 48.8 Å². The quantitative estimate of drug-likeness (QED) is 0.719. The number of ether oxygens (including phenoxy) is 1. The number of imidazole rings is 1. The molecule has 0 saturated heterocycles. The van der Waals surface area contributed by atoms with E-state index in [1.807, 2.05) is 34.9 Å². The first kappa shape index (κ1) is 11.7. The van der Waals surface area contributed by atoms with Crippen molar-refractivity contribution in [2.45, 2.75) is 6.54 Å². The van der Waals surface area contributed by atoms with Gasteiger partial charge in [0, 0.05) is 6.54 Å². The number of methoxy groups -OCH3 is 1. The van der Waals surface area contributed by atoms with Gasteiger partial charge in [-0.05, 0) is 29.8 Å². The number of aromatic nitrogens is 2. The number of hydrogen-bond acceptors (Lipinski definition) is 2. The largest absolute Gasteiger partial charge is 0.494 e. The van der Waals surface area contributed by atoms with Gasteiger partial charge in [-0.3, -0.25) is 0 Å². The van der Waals surface area contributed by atoms with Crippen molar-refractivity contribution < 1.29 is 9.13 Å². The first-order valence-electron chi connectivity index (χ1n) is 6.00. The minimum atomic E-state index is -0.343. The Morgan fingerprint density at radius 2 is 2.05 bits per heavy atom. The number of halogens is 1. The van der Waals surface area contributed by atoms with Crippen molar-refractivity contribution in [3.05, 3.63) is 60.2 Å². The number of nitrogens with zero attached hydrogens (tertiary/aromatic N) is 2. The highest BCUT2D eigenvalue weighted by atomic mass is 19.1. The molecule has 0 amide bonds. The first-order valence-corrected chi connectivity index (χ1v) is 6.00. The fraction of sp³-hybridized carbons (Fsp3) is 0.133. The molecule has 0 spiro atoms. The summed E-state index contributed by atoms with van der Waals surface area (Å²) in [6.45, 7) is 0.585. The Bertz CT molecular complexity index is 721. The molecule has 3 nitrogen and oxygen atoms in total. The topological polar surface area (TPSA) is 27.1 Å². The summed E-state index contributed by atoms with van der Waals surface area (Å²) >= 11 is 0. The standard InChI is InChI=1S/C15H13FN2O/c1-19-15-7-6-11(8-12(15)16)9-18-10-17-13-4-2-3-5-14(13)18/h2-8,10H,9H2,1H3. The average molecular weight is 256 g/mol. The molecule has 0 N–H and O–H groups in total. The number of rotatable bonds is 3. The van der Waals surface area contributed by atoms with Crippen LogP contribution < -0.4 is 4.74 Å². The number of fused-ring (bicyclic) bond motifs is 1. The van der Waals surface area contributed by atoms with Crippen molar-refractivity contribution >= 4 is 11.0 Å². The van der Waals surface area contributed by atoms with Crippen LogP contribution in [0.4, 0.5) is 4.39 Å². The normalized spacial score (nSPS) is 10.8. The zero-order chi connectivity index (χ0) is 13.2. The second kappa shape index (κ2) is 4.72. The minimum Gasteiger partial charge on any atom is -0.494 e. The zero-order valence-electron chi connectivity index (χ0n) is 10.5. The highest BCUT2D eigenvalue weighted by molar-refractivity contribution is 5.75. The van der Waals surface area contributed by atoms with E-state index in [-0.39, 0.29) is 11.6 Å². The molecule has 96 valence electrons. The molecule has 0 saturated carbocycles. The van der Waals surface area contributed by atoms with Gasteiger partial charge in [0.25, 0.3) is 0 Å². The van der Waals surface area contributed by atoms with E-state index in [9.17, 15) is 4.39 Å². The van der Waals surface area contributed by atoms with Crippen LogP contribution in [0.5, 0.6) is 5.75 Å². The lowest BCUT2D eigenvalue weighted by Crippen LogP contribution is -1.99. The average Bonchev–Trinajstić information content (AvgIpc) is 2.83. The maximum Gasteiger partial charge on any atom is 0.165 e. The number of para-hydroxylation sites is 2. The van der Waals surface area contributed by atoms with Crippen LogP contribution in [0, 0.1) is 5.82 Å². The van der Waals surface area contributed by atoms with Crippen LogP contribution in [-0.2, 0) is 6.54 Å². The van der Waals surface area contributed by atoms with Crippen LogP contribution in [0.1, 0.15) is 5.56 Å². The van der Waals surface area contributed by atoms with E-state index in [1.165, 1.54) is 13.2 Å². The molecule has 2 aromatic carbocycles. The van der Waals surface area contributed by atoms with Crippen molar-refractivity contribution in [1.82, 2.24) is 9.55 Å². The van der Waals surface area contributed by atoms with Gasteiger partial charge in [0.2, 0.25) is 0 Å². The molecule has 3 rings (SSSR count). The van der Waals surface area contributed by atoms with Crippen LogP contribution in [0.3, 0.4) is 0 Å². The van der Waals surface area contributed by atoms with E-state index >= 15 is 0 Å². The third kappa shape index (κ3) is 2.17. The third-order valence-corrected chi connectivity index (χ3v) is 3.10. The Balaban J connectivity index is 1.95. The molecule has 0 fully saturated rings. The highest BCUT2D eigenvalue weighted by Gasteiger charge is 2.06. The van der Waals surface area contributed by atoms with Crippen LogP contribution in [-0.4, -0.2) is 16.7 Å². The predicted molar refractivity (Wildman–Crippen MR) is 71.8 cm³/mol. The molecule has 0 atom stereocenters. The molecule has 1 aromatic heterocycles. The molecule has 0 radical (unpaired) electrons. The summed E-state index contributed by atoms with van der Waals surface area (Å²) in [5, 5.41) is 0. The zero-order valence-corrected chi connectivity index (χ0v) is 10.5. The Hall–Kier alpha value is -2.36. The summed E-state index contributed by atoms with van der Waals surface area (Å²) in [7, 11) is 1.46. The maximum absolute atomic E-state index is 13.6. The summed E-state index contributed by atoms with van der Waals surface area (Å²) in [5.41, 5.74) is 2.86. The van der Waals surface area contributed by atoms with E-state index in [2.05, 4.69) is 4.98 Å². The van der Waals surface area contributed by atoms with E-state index in [4.69, 9.17) is 4.74 Å². The lowest BCUT2D eigenvalue weighted by Gasteiger charge is -2.07. The monoisotopic (exact) mass is 256 g/mol. The van der Waals surface area contributed by atoms with Gasteiger partial charge >= 0.3 is 0 Å². The summed E-state index contributed by atoms with van der Waals surface area (Å²) < 4.78 is 20.6. The Kier molecular flexibility index (Phi) is 2.91. The molecule has 0 bridgehead atoms. The molecule has 4 heteroatoms. The van der Waals surface area contributed by atoms with Crippen molar-refractivity contribution in [2.24, 2.45) is 0 Å². The lowest BCUT2D eigenvalue weighted by atomic mass is 10.2. The maximum atomic E-state index is 13.6. The summed E-state index contributed by atoms with van der Waals surface area (Å²) in [5.74, 6) is -0.0799. The highest BCUT2D eigenvalue weighted by Crippen LogP contribution is 2.19. The molecule has 1 heterocycles. The van der Waals surface area contributed by atoms with Gasteiger partial charge in [0.15, 0.2) is 11.6 Å². The summed E-state index contributed by atoms with van der Waals surface area (Å²) in [6, 6.07) is 12.9. The smallest absolute Gasteiger partial charge is 0.165 e. The third-order valence-electron chi connectivity index (χ3n) is 3.10. The number of hydrogen-bond donors (Lipinski definition) is 0. The van der Waals surface area contributed by atoms with Gasteiger partial charge < -0.3 is 9.30 Å². The van der Waals surface area contributed by atoms with Gasteiger partial charge in [-0.25, -0.2) is 9.37 Å². The van der Waals surface area contributed by atoms with Gasteiger partial charge in [-0.1, -0.05) is 18.2 Å². The Morgan fingerprint density at radius 3 is 2.84 bits per heavy atom. The fourth-order valence-electron chi connectivity index (χ4n) is 2.14. The van der Waals surface area contributed by atoms with E-state index in [1.54, 1.807) is 12.4 Å². The summed E-state index contributed by atoms with van der Waals surface area (Å²) in [4.78, 5) is 4.32. The van der Waals surface area contributed by atoms with E-state index in [0.29, 0.717) is 6.54 Å². The molecular weight excluding hydrogens is 243 g/mol. The Labute approximate surface area is 110 Å². The lowest BCUT2D eigenvalue weighted by molar-refractivity contribution is 0.386. The molecule has 0 aliphatic rings. The van der Waals surface area contributed by atoms with E-state index < -0.39 is 0 Å². The van der Waals surface area contributed by atoms with Crippen molar-refractivity contribution in [3.8, 4) is 5.75 Å². The van der Waals surface area contributed by atoms with Gasteiger partial charge in [-0.2, -0.15) is 0 Å². The van der Waals surface area contributed by atoms with E-state index in [0.717, 1.165) is 16.6 Å². The first-order chi connectivity index (χ1) is 9.28. The van der Waals surface area contributed by atoms with Gasteiger partial charge in [-0.15, -0.1) is 0 Å². The van der Waals surface area contributed by atoms with Crippen molar-refractivity contribution in [2.75, 3.05) is 7.11 Å². The van der Waals surface area contributed by atoms with Crippen LogP contribution >= 0.6 is 0 Å². The number of benzene rings is 2. The molecule has 0 aliphatic heterocycles. The molecule has 0 unspecified atom stereocenters. The summed E-state index contributed by atoms with van der Waals surface area (Å²) in [6.07, 6.45) is 1.77.